The smallest absolute Gasteiger partial charge is 0.315 e. The molecule has 1 fully saturated rings. The van der Waals surface area contributed by atoms with Crippen LogP contribution in [0.2, 0.25) is 0 Å². The minimum atomic E-state index is -0.237. The summed E-state index contributed by atoms with van der Waals surface area (Å²) in [4.78, 5) is 0. The number of hydrogen-bond donors (Lipinski definition) is 1. The van der Waals surface area contributed by atoms with Crippen molar-refractivity contribution in [3.8, 4) is 5.75 Å². The Bertz CT molecular complexity index is 1020. The molecule has 1 aromatic heterocycles. The zero-order chi connectivity index (χ0) is 18.9. The molecule has 0 radical (unpaired) electrons. The lowest BCUT2D eigenvalue weighted by atomic mass is 9.85. The van der Waals surface area contributed by atoms with Gasteiger partial charge in [0, 0.05) is 18.0 Å². The van der Waals surface area contributed by atoms with Crippen LogP contribution >= 0.6 is 0 Å². The Morgan fingerprint density at radius 3 is 2.71 bits per heavy atom. The minimum absolute atomic E-state index is 0.237. The van der Waals surface area contributed by atoms with Crippen molar-refractivity contribution in [1.82, 2.24) is 10.2 Å². The van der Waals surface area contributed by atoms with E-state index in [1.807, 2.05) is 24.3 Å². The quantitative estimate of drug-likeness (QED) is 0.684. The maximum Gasteiger partial charge on any atom is 0.315 e. The molecule has 142 valence electrons. The van der Waals surface area contributed by atoms with Crippen molar-refractivity contribution in [2.24, 2.45) is 0 Å². The Kier molecular flexibility index (Phi) is 4.31. The van der Waals surface area contributed by atoms with Gasteiger partial charge in [0.25, 0.3) is 0 Å². The molecule has 28 heavy (non-hydrogen) atoms. The van der Waals surface area contributed by atoms with Crippen LogP contribution in [-0.4, -0.2) is 16.8 Å². The van der Waals surface area contributed by atoms with Crippen molar-refractivity contribution in [1.29, 1.82) is 0 Å². The van der Waals surface area contributed by atoms with Crippen LogP contribution in [0.4, 0.5) is 10.4 Å². The van der Waals surface area contributed by atoms with Crippen LogP contribution < -0.4 is 10.1 Å². The van der Waals surface area contributed by atoms with E-state index in [1.54, 1.807) is 12.1 Å². The van der Waals surface area contributed by atoms with Gasteiger partial charge in [-0.15, -0.1) is 5.10 Å². The summed E-state index contributed by atoms with van der Waals surface area (Å²) in [6, 6.07) is 13.1. The van der Waals surface area contributed by atoms with Gasteiger partial charge in [0.15, 0.2) is 0 Å². The van der Waals surface area contributed by atoms with Crippen LogP contribution in [0.3, 0.4) is 0 Å². The highest BCUT2D eigenvalue weighted by Gasteiger charge is 2.25. The molecule has 0 unspecified atom stereocenters. The van der Waals surface area contributed by atoms with Crippen molar-refractivity contribution < 1.29 is 13.5 Å². The van der Waals surface area contributed by atoms with E-state index in [9.17, 15) is 4.39 Å². The molecule has 0 saturated heterocycles. The average molecular weight is 377 g/mol. The number of nitrogens with one attached hydrogen (secondary N) is 1. The molecule has 0 spiro atoms. The normalized spacial score (nSPS) is 16.0. The van der Waals surface area contributed by atoms with E-state index in [1.165, 1.54) is 18.6 Å². The Morgan fingerprint density at radius 1 is 1.07 bits per heavy atom. The average Bonchev–Trinajstić information content (AvgIpc) is 3.13. The highest BCUT2D eigenvalue weighted by molar-refractivity contribution is 5.84. The predicted octanol–water partition coefficient (Wildman–Crippen LogP) is 4.91. The lowest BCUT2D eigenvalue weighted by molar-refractivity contribution is 0.338. The van der Waals surface area contributed by atoms with Crippen LogP contribution in [0.1, 0.15) is 47.8 Å². The zero-order valence-corrected chi connectivity index (χ0v) is 15.3. The van der Waals surface area contributed by atoms with Gasteiger partial charge in [0.05, 0.1) is 0 Å². The number of fused-ring (bicyclic) bond motifs is 1. The molecule has 1 aliphatic heterocycles. The molecule has 2 aliphatic rings. The van der Waals surface area contributed by atoms with Crippen molar-refractivity contribution in [2.75, 3.05) is 11.9 Å². The van der Waals surface area contributed by atoms with E-state index in [0.29, 0.717) is 25.1 Å². The zero-order valence-electron chi connectivity index (χ0n) is 15.3. The van der Waals surface area contributed by atoms with Crippen LogP contribution in [0, 0.1) is 5.82 Å². The predicted molar refractivity (Wildman–Crippen MR) is 104 cm³/mol. The van der Waals surface area contributed by atoms with Gasteiger partial charge in [-0.05, 0) is 53.8 Å². The van der Waals surface area contributed by atoms with Gasteiger partial charge in [-0.1, -0.05) is 35.8 Å². The second-order valence-electron chi connectivity index (χ2n) is 7.19. The number of ether oxygens (including phenoxy) is 1. The third kappa shape index (κ3) is 3.26. The van der Waals surface area contributed by atoms with Crippen molar-refractivity contribution in [3.05, 3.63) is 76.9 Å². The van der Waals surface area contributed by atoms with E-state index in [0.717, 1.165) is 46.7 Å². The summed E-state index contributed by atoms with van der Waals surface area (Å²) in [5.41, 5.74) is 4.10. The van der Waals surface area contributed by atoms with Crippen molar-refractivity contribution in [3.63, 3.8) is 0 Å². The molecule has 2 heterocycles. The molecule has 1 saturated carbocycles. The van der Waals surface area contributed by atoms with E-state index in [4.69, 9.17) is 9.15 Å². The first-order valence-corrected chi connectivity index (χ1v) is 9.56. The maximum atomic E-state index is 13.2. The highest BCUT2D eigenvalue weighted by Crippen LogP contribution is 2.36. The molecular weight excluding hydrogens is 357 g/mol. The molecule has 6 heteroatoms. The first-order valence-electron chi connectivity index (χ1n) is 9.56. The Morgan fingerprint density at radius 2 is 1.93 bits per heavy atom. The van der Waals surface area contributed by atoms with Crippen LogP contribution in [0.25, 0.3) is 5.57 Å². The maximum absolute atomic E-state index is 13.2. The lowest BCUT2D eigenvalue weighted by Gasteiger charge is -2.20. The third-order valence-corrected chi connectivity index (χ3v) is 5.36. The summed E-state index contributed by atoms with van der Waals surface area (Å²) in [5, 5.41) is 11.4. The molecular formula is C22H20FN3O2. The summed E-state index contributed by atoms with van der Waals surface area (Å²) < 4.78 is 24.8. The number of benzene rings is 2. The van der Waals surface area contributed by atoms with Crippen LogP contribution in [0.15, 0.2) is 53.0 Å². The van der Waals surface area contributed by atoms with Gasteiger partial charge in [-0.25, -0.2) is 4.39 Å². The fourth-order valence-corrected chi connectivity index (χ4v) is 3.55. The number of nitrogens with zero attached hydrogens (tertiary/aromatic N) is 2. The summed E-state index contributed by atoms with van der Waals surface area (Å²) in [6.45, 7) is 1.06. The van der Waals surface area contributed by atoms with Gasteiger partial charge in [-0.3, -0.25) is 0 Å². The monoisotopic (exact) mass is 377 g/mol. The molecule has 5 rings (SSSR count). The number of halogens is 1. The van der Waals surface area contributed by atoms with Crippen molar-refractivity contribution in [2.45, 2.75) is 31.7 Å². The summed E-state index contributed by atoms with van der Waals surface area (Å²) in [5.74, 6) is 1.75. The number of anilines is 1. The second kappa shape index (κ2) is 7.11. The summed E-state index contributed by atoms with van der Waals surface area (Å²) >= 11 is 0. The highest BCUT2D eigenvalue weighted by atomic mass is 19.1. The van der Waals surface area contributed by atoms with Crippen LogP contribution in [0.5, 0.6) is 5.75 Å². The van der Waals surface area contributed by atoms with E-state index >= 15 is 0 Å². The third-order valence-electron chi connectivity index (χ3n) is 5.36. The lowest BCUT2D eigenvalue weighted by Crippen LogP contribution is -2.08. The topological polar surface area (TPSA) is 60.2 Å². The van der Waals surface area contributed by atoms with Gasteiger partial charge in [-0.2, -0.15) is 0 Å². The van der Waals surface area contributed by atoms with Crippen molar-refractivity contribution >= 4 is 11.6 Å². The molecule has 2 aromatic carbocycles. The molecule has 0 amide bonds. The van der Waals surface area contributed by atoms with E-state index < -0.39 is 0 Å². The number of aromatic nitrogens is 2. The molecule has 1 aliphatic carbocycles. The first-order chi connectivity index (χ1) is 13.8. The van der Waals surface area contributed by atoms with Gasteiger partial charge in [0.1, 0.15) is 18.2 Å². The fraction of sp³-hybridized carbons (Fsp3) is 0.273. The molecule has 0 bridgehead atoms. The summed E-state index contributed by atoms with van der Waals surface area (Å²) in [6.07, 6.45) is 5.52. The molecule has 3 aromatic rings. The van der Waals surface area contributed by atoms with E-state index in [2.05, 4.69) is 15.5 Å². The van der Waals surface area contributed by atoms with E-state index in [-0.39, 0.29) is 5.82 Å². The molecule has 5 nitrogen and oxygen atoms in total. The SMILES string of the molecule is Fc1ccc(C2=CCOc3cc(CNc4nnc(C5CCC5)o4)ccc32)cc1. The summed E-state index contributed by atoms with van der Waals surface area (Å²) in [7, 11) is 0. The number of rotatable bonds is 5. The van der Waals surface area contributed by atoms with Gasteiger partial charge >= 0.3 is 6.01 Å². The van der Waals surface area contributed by atoms with Crippen LogP contribution in [-0.2, 0) is 6.54 Å². The largest absolute Gasteiger partial charge is 0.489 e. The standard InChI is InChI=1S/C22H20FN3O2/c23-17-7-5-15(6-8-17)18-10-11-27-20-12-14(4-9-19(18)20)13-24-22-26-25-21(28-22)16-2-1-3-16/h4-10,12,16H,1-3,11,13H2,(H,24,26). The van der Waals surface area contributed by atoms with Gasteiger partial charge < -0.3 is 14.5 Å². The molecule has 1 N–H and O–H groups in total. The Labute approximate surface area is 162 Å². The Balaban J connectivity index is 1.31. The fourth-order valence-electron chi connectivity index (χ4n) is 3.55. The Hall–Kier alpha value is -3.15. The molecule has 0 atom stereocenters. The number of hydrogen-bond acceptors (Lipinski definition) is 5. The van der Waals surface area contributed by atoms with Gasteiger partial charge in [0.2, 0.25) is 5.89 Å². The minimum Gasteiger partial charge on any atom is -0.489 e. The second-order valence-corrected chi connectivity index (χ2v) is 7.19. The first kappa shape index (κ1) is 17.0.